The molecule has 0 radical (unpaired) electrons. The minimum absolute atomic E-state index is 0.0171. The molecule has 82 valence electrons. The van der Waals surface area contributed by atoms with Crippen LogP contribution in [-0.2, 0) is 4.79 Å². The second kappa shape index (κ2) is 4.26. The summed E-state index contributed by atoms with van der Waals surface area (Å²) in [5.41, 5.74) is -0.853. The molecule has 0 heterocycles. The highest BCUT2D eigenvalue weighted by molar-refractivity contribution is 5.87. The SMILES string of the molecule is CC(=O)/C=C/C(C(C)(C)C)C(C)(C)O. The Morgan fingerprint density at radius 3 is 1.86 bits per heavy atom. The predicted molar refractivity (Wildman–Crippen MR) is 59.1 cm³/mol. The van der Waals surface area contributed by atoms with Crippen molar-refractivity contribution in [3.63, 3.8) is 0 Å². The minimum Gasteiger partial charge on any atom is -0.390 e. The van der Waals surface area contributed by atoms with Gasteiger partial charge in [-0.1, -0.05) is 26.8 Å². The Morgan fingerprint density at radius 2 is 1.64 bits per heavy atom. The molecule has 1 atom stereocenters. The van der Waals surface area contributed by atoms with Crippen molar-refractivity contribution in [2.24, 2.45) is 11.3 Å². The summed E-state index contributed by atoms with van der Waals surface area (Å²) in [6, 6.07) is 0. The number of carbonyl (C=O) groups excluding carboxylic acids is 1. The molecular weight excluding hydrogens is 176 g/mol. The zero-order valence-corrected chi connectivity index (χ0v) is 10.1. The fourth-order valence-electron chi connectivity index (χ4n) is 1.82. The summed E-state index contributed by atoms with van der Waals surface area (Å²) in [6.07, 6.45) is 3.34. The van der Waals surface area contributed by atoms with E-state index in [0.717, 1.165) is 0 Å². The molecule has 0 aliphatic carbocycles. The highest BCUT2D eigenvalue weighted by Crippen LogP contribution is 2.35. The number of hydrogen-bond acceptors (Lipinski definition) is 2. The first-order chi connectivity index (χ1) is 6.05. The molecule has 2 nitrogen and oxygen atoms in total. The van der Waals surface area contributed by atoms with Crippen LogP contribution in [0.1, 0.15) is 41.5 Å². The molecule has 0 rings (SSSR count). The van der Waals surface area contributed by atoms with E-state index in [0.29, 0.717) is 0 Å². The van der Waals surface area contributed by atoms with E-state index < -0.39 is 5.60 Å². The standard InChI is InChI=1S/C12H22O2/c1-9(13)7-8-10(11(2,3)4)12(5,6)14/h7-8,10,14H,1-6H3/b8-7+. The van der Waals surface area contributed by atoms with Gasteiger partial charge < -0.3 is 5.11 Å². The minimum atomic E-state index is -0.801. The van der Waals surface area contributed by atoms with Crippen molar-refractivity contribution < 1.29 is 9.90 Å². The van der Waals surface area contributed by atoms with Crippen molar-refractivity contribution in [3.8, 4) is 0 Å². The van der Waals surface area contributed by atoms with Gasteiger partial charge >= 0.3 is 0 Å². The Balaban J connectivity index is 4.86. The first kappa shape index (κ1) is 13.4. The van der Waals surface area contributed by atoms with Crippen LogP contribution in [0.2, 0.25) is 0 Å². The molecule has 0 saturated heterocycles. The van der Waals surface area contributed by atoms with Gasteiger partial charge in [0.05, 0.1) is 5.60 Å². The Labute approximate surface area is 87.0 Å². The van der Waals surface area contributed by atoms with E-state index in [9.17, 15) is 9.90 Å². The molecule has 0 bridgehead atoms. The van der Waals surface area contributed by atoms with Crippen LogP contribution in [0.3, 0.4) is 0 Å². The molecule has 0 aliphatic heterocycles. The third kappa shape index (κ3) is 4.56. The number of carbonyl (C=O) groups is 1. The maximum absolute atomic E-state index is 10.8. The van der Waals surface area contributed by atoms with E-state index in [2.05, 4.69) is 20.8 Å². The first-order valence-corrected chi connectivity index (χ1v) is 4.96. The number of ketones is 1. The normalized spacial score (nSPS) is 15.9. The Hall–Kier alpha value is -0.630. The van der Waals surface area contributed by atoms with Gasteiger partial charge in [0.25, 0.3) is 0 Å². The van der Waals surface area contributed by atoms with Gasteiger partial charge in [0.1, 0.15) is 0 Å². The van der Waals surface area contributed by atoms with Gasteiger partial charge in [0.2, 0.25) is 0 Å². The second-order valence-corrected chi connectivity index (χ2v) is 5.47. The van der Waals surface area contributed by atoms with Crippen LogP contribution in [0.15, 0.2) is 12.2 Å². The van der Waals surface area contributed by atoms with E-state index in [1.54, 1.807) is 13.8 Å². The summed E-state index contributed by atoms with van der Waals surface area (Å²) in [6.45, 7) is 11.2. The molecule has 0 aliphatic rings. The van der Waals surface area contributed by atoms with Crippen LogP contribution in [0.25, 0.3) is 0 Å². The third-order valence-corrected chi connectivity index (χ3v) is 2.22. The lowest BCUT2D eigenvalue weighted by Gasteiger charge is -2.37. The molecule has 0 aromatic rings. The summed E-state index contributed by atoms with van der Waals surface area (Å²) < 4.78 is 0. The molecule has 0 saturated carbocycles. The maximum atomic E-state index is 10.8. The van der Waals surface area contributed by atoms with Gasteiger partial charge in [-0.25, -0.2) is 0 Å². The molecule has 14 heavy (non-hydrogen) atoms. The van der Waals surface area contributed by atoms with Crippen molar-refractivity contribution in [2.75, 3.05) is 0 Å². The highest BCUT2D eigenvalue weighted by atomic mass is 16.3. The van der Waals surface area contributed by atoms with Crippen LogP contribution in [0.5, 0.6) is 0 Å². The molecular formula is C12H22O2. The second-order valence-electron chi connectivity index (χ2n) is 5.47. The Kier molecular flexibility index (Phi) is 4.07. The van der Waals surface area contributed by atoms with Gasteiger partial charge in [-0.3, -0.25) is 4.79 Å². The summed E-state index contributed by atoms with van der Waals surface area (Å²) >= 11 is 0. The predicted octanol–water partition coefficient (Wildman–Crippen LogP) is 2.56. The van der Waals surface area contributed by atoms with Crippen molar-refractivity contribution in [3.05, 3.63) is 12.2 Å². The highest BCUT2D eigenvalue weighted by Gasteiger charge is 2.34. The zero-order chi connectivity index (χ0) is 11.6. The summed E-state index contributed by atoms with van der Waals surface area (Å²) in [4.78, 5) is 10.8. The molecule has 0 amide bonds. The van der Waals surface area contributed by atoms with Crippen LogP contribution >= 0.6 is 0 Å². The van der Waals surface area contributed by atoms with Crippen LogP contribution in [0, 0.1) is 11.3 Å². The summed E-state index contributed by atoms with van der Waals surface area (Å²) in [5.74, 6) is -0.0117. The molecule has 0 aromatic carbocycles. The van der Waals surface area contributed by atoms with Crippen LogP contribution in [0.4, 0.5) is 0 Å². The molecule has 0 spiro atoms. The van der Waals surface area contributed by atoms with Gasteiger partial charge in [-0.2, -0.15) is 0 Å². The lowest BCUT2D eigenvalue weighted by Crippen LogP contribution is -2.38. The summed E-state index contributed by atoms with van der Waals surface area (Å²) in [7, 11) is 0. The molecule has 0 aromatic heterocycles. The fraction of sp³-hybridized carbons (Fsp3) is 0.750. The molecule has 1 N–H and O–H groups in total. The van der Waals surface area contributed by atoms with Crippen LogP contribution in [-0.4, -0.2) is 16.5 Å². The van der Waals surface area contributed by atoms with Gasteiger partial charge in [-0.15, -0.1) is 0 Å². The Bertz CT molecular complexity index is 212. The number of aliphatic hydroxyl groups is 1. The van der Waals surface area contributed by atoms with E-state index in [1.807, 2.05) is 6.08 Å². The average molecular weight is 198 g/mol. The van der Waals surface area contributed by atoms with E-state index in [4.69, 9.17) is 0 Å². The van der Waals surface area contributed by atoms with Crippen molar-refractivity contribution in [1.82, 2.24) is 0 Å². The Morgan fingerprint density at radius 1 is 1.21 bits per heavy atom. The fourth-order valence-corrected chi connectivity index (χ4v) is 1.82. The number of rotatable bonds is 3. The number of allylic oxidation sites excluding steroid dienone is 1. The molecule has 2 heteroatoms. The maximum Gasteiger partial charge on any atom is 0.152 e. The summed E-state index contributed by atoms with van der Waals surface area (Å²) in [5, 5.41) is 9.96. The lowest BCUT2D eigenvalue weighted by atomic mass is 9.72. The third-order valence-electron chi connectivity index (χ3n) is 2.22. The van der Waals surface area contributed by atoms with Gasteiger partial charge in [-0.05, 0) is 32.3 Å². The van der Waals surface area contributed by atoms with Gasteiger partial charge in [0, 0.05) is 5.92 Å². The van der Waals surface area contributed by atoms with Crippen molar-refractivity contribution in [2.45, 2.75) is 47.1 Å². The van der Waals surface area contributed by atoms with Gasteiger partial charge in [0.15, 0.2) is 5.78 Å². The smallest absolute Gasteiger partial charge is 0.152 e. The lowest BCUT2D eigenvalue weighted by molar-refractivity contribution is -0.112. The quantitative estimate of drug-likeness (QED) is 0.708. The van der Waals surface area contributed by atoms with Crippen molar-refractivity contribution >= 4 is 5.78 Å². The van der Waals surface area contributed by atoms with E-state index in [1.165, 1.54) is 13.0 Å². The topological polar surface area (TPSA) is 37.3 Å². The first-order valence-electron chi connectivity index (χ1n) is 4.96. The largest absolute Gasteiger partial charge is 0.390 e. The van der Waals surface area contributed by atoms with E-state index in [-0.39, 0.29) is 17.1 Å². The number of hydrogen-bond donors (Lipinski definition) is 1. The monoisotopic (exact) mass is 198 g/mol. The molecule has 0 fully saturated rings. The van der Waals surface area contributed by atoms with Crippen molar-refractivity contribution in [1.29, 1.82) is 0 Å². The zero-order valence-electron chi connectivity index (χ0n) is 10.1. The van der Waals surface area contributed by atoms with E-state index >= 15 is 0 Å². The van der Waals surface area contributed by atoms with Crippen LogP contribution < -0.4 is 0 Å². The molecule has 1 unspecified atom stereocenters. The average Bonchev–Trinajstić information content (AvgIpc) is 1.78.